The molecule has 1 amide bonds. The number of fused-ring (bicyclic) bond motifs is 1. The number of rotatable bonds is 10. The normalized spacial score (nSPS) is 15.1. The Morgan fingerprint density at radius 2 is 1.90 bits per heavy atom. The van der Waals surface area contributed by atoms with Crippen molar-refractivity contribution in [1.82, 2.24) is 34.5 Å². The molecule has 0 saturated carbocycles. The first-order valence-corrected chi connectivity index (χ1v) is 14.2. The van der Waals surface area contributed by atoms with Crippen LogP contribution < -0.4 is 5.32 Å². The first-order chi connectivity index (χ1) is 18.9. The molecule has 1 aliphatic rings. The number of nitrogens with one attached hydrogen (secondary N) is 2. The van der Waals surface area contributed by atoms with Gasteiger partial charge in [0.1, 0.15) is 11.5 Å². The van der Waals surface area contributed by atoms with Crippen molar-refractivity contribution in [3.8, 4) is 5.82 Å². The van der Waals surface area contributed by atoms with Gasteiger partial charge in [-0.3, -0.25) is 24.3 Å². The van der Waals surface area contributed by atoms with Gasteiger partial charge in [0.15, 0.2) is 5.82 Å². The third kappa shape index (κ3) is 6.14. The van der Waals surface area contributed by atoms with Crippen LogP contribution in [0.25, 0.3) is 16.9 Å². The van der Waals surface area contributed by atoms with Gasteiger partial charge in [-0.15, -0.1) is 0 Å². The lowest BCUT2D eigenvalue weighted by atomic mass is 10.1. The van der Waals surface area contributed by atoms with E-state index in [9.17, 15) is 4.79 Å². The number of hydrogen-bond acceptors (Lipinski definition) is 6. The summed E-state index contributed by atoms with van der Waals surface area (Å²) in [7, 11) is 0. The van der Waals surface area contributed by atoms with Crippen molar-refractivity contribution < 1.29 is 4.79 Å². The van der Waals surface area contributed by atoms with Crippen LogP contribution in [-0.4, -0.2) is 73.2 Å². The molecule has 0 aromatic carbocycles. The summed E-state index contributed by atoms with van der Waals surface area (Å²) < 4.78 is 1.91. The van der Waals surface area contributed by atoms with Gasteiger partial charge in [-0.25, -0.2) is 4.98 Å². The number of H-pyrrole nitrogens is 1. The number of unbranched alkanes of at least 4 members (excludes halogenated alkanes) is 3. The summed E-state index contributed by atoms with van der Waals surface area (Å²) in [5.41, 5.74) is 4.38. The number of aromatic amines is 1. The Balaban J connectivity index is 1.37. The molecule has 0 bridgehead atoms. The van der Waals surface area contributed by atoms with Crippen LogP contribution in [0.1, 0.15) is 72.9 Å². The fraction of sp³-hybridized carbons (Fsp3) is 0.467. The number of piperazine rings is 1. The zero-order chi connectivity index (χ0) is 27.4. The van der Waals surface area contributed by atoms with Crippen molar-refractivity contribution in [3.63, 3.8) is 0 Å². The summed E-state index contributed by atoms with van der Waals surface area (Å²) in [5, 5.41) is 11.8. The highest BCUT2D eigenvalue weighted by Gasteiger charge is 2.26. The monoisotopic (exact) mass is 528 g/mol. The van der Waals surface area contributed by atoms with E-state index in [0.29, 0.717) is 17.0 Å². The Kier molecular flexibility index (Phi) is 8.26. The van der Waals surface area contributed by atoms with Gasteiger partial charge in [-0.2, -0.15) is 5.10 Å². The first kappa shape index (κ1) is 26.9. The fourth-order valence-electron chi connectivity index (χ4n) is 5.19. The zero-order valence-corrected chi connectivity index (χ0v) is 23.6. The Labute approximate surface area is 230 Å². The summed E-state index contributed by atoms with van der Waals surface area (Å²) in [4.78, 5) is 27.7. The molecule has 9 heteroatoms. The van der Waals surface area contributed by atoms with Gasteiger partial charge in [0.2, 0.25) is 0 Å². The van der Waals surface area contributed by atoms with Crippen LogP contribution in [0.5, 0.6) is 0 Å². The molecule has 0 spiro atoms. The number of aromatic nitrogens is 5. The van der Waals surface area contributed by atoms with Gasteiger partial charge in [0.25, 0.3) is 5.91 Å². The number of amides is 1. The molecule has 4 aromatic rings. The average molecular weight is 529 g/mol. The van der Waals surface area contributed by atoms with Gasteiger partial charge in [0, 0.05) is 55.7 Å². The minimum Gasteiger partial charge on any atom is -0.362 e. The molecule has 2 N–H and O–H groups in total. The van der Waals surface area contributed by atoms with Crippen LogP contribution in [-0.2, 0) is 0 Å². The second-order valence-corrected chi connectivity index (χ2v) is 10.7. The van der Waals surface area contributed by atoms with Crippen molar-refractivity contribution in [3.05, 3.63) is 65.2 Å². The molecule has 5 rings (SSSR count). The highest BCUT2D eigenvalue weighted by atomic mass is 16.2. The molecular formula is C30H40N8O. The predicted octanol–water partition coefficient (Wildman–Crippen LogP) is 5.27. The van der Waals surface area contributed by atoms with Crippen LogP contribution in [0.2, 0.25) is 0 Å². The van der Waals surface area contributed by atoms with E-state index in [1.807, 2.05) is 60.0 Å². The number of aryl methyl sites for hydroxylation is 2. The Morgan fingerprint density at radius 3 is 2.59 bits per heavy atom. The second-order valence-electron chi connectivity index (χ2n) is 10.7. The first-order valence-electron chi connectivity index (χ1n) is 14.2. The topological polar surface area (TPSA) is 95.0 Å². The van der Waals surface area contributed by atoms with Crippen molar-refractivity contribution in [2.45, 2.75) is 59.4 Å². The summed E-state index contributed by atoms with van der Waals surface area (Å²) >= 11 is 0. The molecule has 0 radical (unpaired) electrons. The number of hydrogen-bond donors (Lipinski definition) is 2. The fourth-order valence-corrected chi connectivity index (χ4v) is 5.19. The second kappa shape index (κ2) is 12.0. The molecule has 0 aliphatic carbocycles. The molecule has 1 saturated heterocycles. The molecule has 1 fully saturated rings. The summed E-state index contributed by atoms with van der Waals surface area (Å²) in [6.45, 7) is 12.8. The number of anilines is 1. The summed E-state index contributed by atoms with van der Waals surface area (Å²) in [6.07, 6.45) is 8.83. The molecule has 9 nitrogen and oxygen atoms in total. The number of pyridine rings is 2. The largest absolute Gasteiger partial charge is 0.362 e. The Morgan fingerprint density at radius 1 is 1.08 bits per heavy atom. The lowest BCUT2D eigenvalue weighted by Crippen LogP contribution is -2.48. The maximum atomic E-state index is 13.8. The van der Waals surface area contributed by atoms with Gasteiger partial charge in [-0.1, -0.05) is 32.3 Å². The van der Waals surface area contributed by atoms with E-state index in [2.05, 4.69) is 45.3 Å². The van der Waals surface area contributed by atoms with Gasteiger partial charge in [0.05, 0.1) is 17.3 Å². The number of carbonyl (C=O) groups is 1. The predicted molar refractivity (Wildman–Crippen MR) is 155 cm³/mol. The number of nitrogens with zero attached hydrogens (tertiary/aromatic N) is 6. The van der Waals surface area contributed by atoms with E-state index >= 15 is 0 Å². The maximum Gasteiger partial charge on any atom is 0.256 e. The Bertz CT molecular complexity index is 1400. The van der Waals surface area contributed by atoms with Crippen molar-refractivity contribution in [2.75, 3.05) is 38.0 Å². The molecule has 206 valence electrons. The van der Waals surface area contributed by atoms with E-state index in [1.54, 1.807) is 0 Å². The molecule has 39 heavy (non-hydrogen) atoms. The molecule has 0 unspecified atom stereocenters. The maximum absolute atomic E-state index is 13.8. The SMILES string of the molecule is CCCCCCN1CCN(C(=O)c2cn(-c3cc(C)[nH]n3)c3nc(N[C@@H](C)c4ccc(C)cn4)ccc23)CC1. The quantitative estimate of drug-likeness (QED) is 0.272. The van der Waals surface area contributed by atoms with E-state index in [0.717, 1.165) is 60.9 Å². The molecule has 4 aromatic heterocycles. The lowest BCUT2D eigenvalue weighted by Gasteiger charge is -2.34. The van der Waals surface area contributed by atoms with Crippen molar-refractivity contribution >= 4 is 22.8 Å². The standard InChI is InChI=1S/C30H40N8O/c1-5-6-7-8-13-36-14-16-37(17-15-36)30(39)25-20-38(28-18-22(3)34-35-28)29-24(25)10-12-27(33-29)32-23(4)26-11-9-21(2)19-31-26/h9-12,18-20,23H,5-8,13-17H2,1-4H3,(H,32,33)(H,34,35)/t23-/m0/s1. The van der Waals surface area contributed by atoms with Crippen molar-refractivity contribution in [1.29, 1.82) is 0 Å². The zero-order valence-electron chi connectivity index (χ0n) is 23.6. The van der Waals surface area contributed by atoms with E-state index in [1.165, 1.54) is 25.7 Å². The minimum absolute atomic E-state index is 0.0223. The van der Waals surface area contributed by atoms with Gasteiger partial charge < -0.3 is 10.2 Å². The molecule has 1 atom stereocenters. The van der Waals surface area contributed by atoms with E-state index in [-0.39, 0.29) is 11.9 Å². The van der Waals surface area contributed by atoms with Crippen LogP contribution in [0, 0.1) is 13.8 Å². The van der Waals surface area contributed by atoms with Gasteiger partial charge >= 0.3 is 0 Å². The van der Waals surface area contributed by atoms with Crippen LogP contribution in [0.3, 0.4) is 0 Å². The third-order valence-corrected chi connectivity index (χ3v) is 7.55. The smallest absolute Gasteiger partial charge is 0.256 e. The third-order valence-electron chi connectivity index (χ3n) is 7.55. The van der Waals surface area contributed by atoms with Crippen LogP contribution in [0.4, 0.5) is 5.82 Å². The average Bonchev–Trinajstić information content (AvgIpc) is 3.54. The summed E-state index contributed by atoms with van der Waals surface area (Å²) in [5.74, 6) is 1.49. The van der Waals surface area contributed by atoms with E-state index in [4.69, 9.17) is 4.98 Å². The highest BCUT2D eigenvalue weighted by Crippen LogP contribution is 2.27. The lowest BCUT2D eigenvalue weighted by molar-refractivity contribution is 0.0637. The molecule has 1 aliphatic heterocycles. The Hall–Kier alpha value is -3.72. The molecular weight excluding hydrogens is 488 g/mol. The summed E-state index contributed by atoms with van der Waals surface area (Å²) in [6, 6.07) is 9.97. The number of carbonyl (C=O) groups excluding carboxylic acids is 1. The molecule has 5 heterocycles. The highest BCUT2D eigenvalue weighted by molar-refractivity contribution is 6.06. The van der Waals surface area contributed by atoms with Crippen LogP contribution >= 0.6 is 0 Å². The minimum atomic E-state index is -0.0223. The van der Waals surface area contributed by atoms with E-state index < -0.39 is 0 Å². The van der Waals surface area contributed by atoms with Crippen molar-refractivity contribution in [2.24, 2.45) is 0 Å². The van der Waals surface area contributed by atoms with Crippen LogP contribution in [0.15, 0.2) is 42.7 Å². The van der Waals surface area contributed by atoms with Gasteiger partial charge in [-0.05, 0) is 57.5 Å².